The fourth-order valence-corrected chi connectivity index (χ4v) is 2.59. The van der Waals surface area contributed by atoms with Gasteiger partial charge in [-0.25, -0.2) is 0 Å². The zero-order valence-corrected chi connectivity index (χ0v) is 14.9. The van der Waals surface area contributed by atoms with Crippen LogP contribution in [0.2, 0.25) is 0 Å². The molecule has 0 saturated heterocycles. The molecule has 2 aromatic carbocycles. The third kappa shape index (κ3) is 4.85. The van der Waals surface area contributed by atoms with Gasteiger partial charge in [-0.15, -0.1) is 10.2 Å². The van der Waals surface area contributed by atoms with Crippen LogP contribution in [-0.2, 0) is 12.7 Å². The lowest BCUT2D eigenvalue weighted by Crippen LogP contribution is -2.24. The lowest BCUT2D eigenvalue weighted by molar-refractivity contribution is -0.136. The minimum absolute atomic E-state index is 0.0716. The van der Waals surface area contributed by atoms with Gasteiger partial charge in [-0.2, -0.15) is 13.2 Å². The van der Waals surface area contributed by atoms with Crippen molar-refractivity contribution in [1.82, 2.24) is 15.5 Å². The average molecular weight is 386 g/mol. The topological polar surface area (TPSA) is 66.9 Å². The van der Waals surface area contributed by atoms with Crippen molar-refractivity contribution in [3.63, 3.8) is 0 Å². The molecule has 0 unspecified atom stereocenters. The molecule has 0 bridgehead atoms. The molecule has 0 spiro atoms. The van der Waals surface area contributed by atoms with E-state index in [-0.39, 0.29) is 17.2 Å². The minimum atomic E-state index is -4.49. The van der Waals surface area contributed by atoms with E-state index in [1.807, 2.05) is 31.2 Å². The van der Waals surface area contributed by atoms with Crippen molar-refractivity contribution in [1.29, 1.82) is 0 Å². The van der Waals surface area contributed by atoms with Crippen LogP contribution in [0.3, 0.4) is 0 Å². The maximum Gasteiger partial charge on any atom is 0.418 e. The second-order valence-electron chi connectivity index (χ2n) is 6.14. The molecular formula is C20H17F3N4O. The monoisotopic (exact) mass is 386 g/mol. The first-order chi connectivity index (χ1) is 13.3. The molecule has 3 rings (SSSR count). The Morgan fingerprint density at radius 2 is 1.79 bits per heavy atom. The summed E-state index contributed by atoms with van der Waals surface area (Å²) in [6.07, 6.45) is -4.49. The average Bonchev–Trinajstić information content (AvgIpc) is 2.66. The lowest BCUT2D eigenvalue weighted by atomic mass is 10.1. The first-order valence-corrected chi connectivity index (χ1v) is 8.43. The molecule has 1 amide bonds. The number of nitrogens with one attached hydrogen (secondary N) is 2. The highest BCUT2D eigenvalue weighted by Crippen LogP contribution is 2.35. The van der Waals surface area contributed by atoms with E-state index >= 15 is 0 Å². The van der Waals surface area contributed by atoms with Crippen LogP contribution in [0.15, 0.2) is 60.7 Å². The zero-order chi connectivity index (χ0) is 20.1. The van der Waals surface area contributed by atoms with E-state index in [9.17, 15) is 18.0 Å². The fourth-order valence-electron chi connectivity index (χ4n) is 2.59. The summed E-state index contributed by atoms with van der Waals surface area (Å²) in [5.41, 5.74) is 1.16. The van der Waals surface area contributed by atoms with Crippen molar-refractivity contribution >= 4 is 17.4 Å². The van der Waals surface area contributed by atoms with E-state index in [1.54, 1.807) is 0 Å². The number of carbonyl (C=O) groups is 1. The SMILES string of the molecule is Cc1cccc(CNC(=O)c2ccc(Nc3ccccc3C(F)(F)F)nn2)c1. The van der Waals surface area contributed by atoms with E-state index in [2.05, 4.69) is 20.8 Å². The summed E-state index contributed by atoms with van der Waals surface area (Å²) < 4.78 is 39.1. The number of alkyl halides is 3. The highest BCUT2D eigenvalue weighted by atomic mass is 19.4. The van der Waals surface area contributed by atoms with Crippen molar-refractivity contribution < 1.29 is 18.0 Å². The second kappa shape index (κ2) is 8.08. The summed E-state index contributed by atoms with van der Waals surface area (Å²) >= 11 is 0. The van der Waals surface area contributed by atoms with Crippen molar-refractivity contribution in [2.75, 3.05) is 5.32 Å². The van der Waals surface area contributed by atoms with E-state index in [4.69, 9.17) is 0 Å². The summed E-state index contributed by atoms with van der Waals surface area (Å²) in [6, 6.07) is 15.6. The van der Waals surface area contributed by atoms with Crippen LogP contribution >= 0.6 is 0 Å². The second-order valence-corrected chi connectivity index (χ2v) is 6.14. The Kier molecular flexibility index (Phi) is 5.58. The van der Waals surface area contributed by atoms with Crippen LogP contribution in [0, 0.1) is 6.92 Å². The van der Waals surface area contributed by atoms with Crippen LogP contribution in [0.5, 0.6) is 0 Å². The molecule has 0 radical (unpaired) electrons. The molecule has 0 aliphatic heterocycles. The Hall–Kier alpha value is -3.42. The van der Waals surface area contributed by atoms with Gasteiger partial charge in [0.25, 0.3) is 5.91 Å². The van der Waals surface area contributed by atoms with Gasteiger partial charge in [-0.05, 0) is 36.8 Å². The predicted octanol–water partition coefficient (Wildman–Crippen LogP) is 4.48. The van der Waals surface area contributed by atoms with Gasteiger partial charge in [0.2, 0.25) is 0 Å². The Morgan fingerprint density at radius 3 is 2.46 bits per heavy atom. The Labute approximate surface area is 159 Å². The van der Waals surface area contributed by atoms with Gasteiger partial charge in [0.15, 0.2) is 11.5 Å². The molecule has 5 nitrogen and oxygen atoms in total. The molecule has 1 aromatic heterocycles. The summed E-state index contributed by atoms with van der Waals surface area (Å²) in [6.45, 7) is 2.29. The first-order valence-electron chi connectivity index (χ1n) is 8.43. The number of hydrogen-bond donors (Lipinski definition) is 2. The highest BCUT2D eigenvalue weighted by Gasteiger charge is 2.33. The summed E-state index contributed by atoms with van der Waals surface area (Å²) in [7, 11) is 0. The van der Waals surface area contributed by atoms with E-state index < -0.39 is 17.6 Å². The predicted molar refractivity (Wildman–Crippen MR) is 99.1 cm³/mol. The van der Waals surface area contributed by atoms with Gasteiger partial charge in [0.1, 0.15) is 0 Å². The van der Waals surface area contributed by atoms with Crippen LogP contribution in [-0.4, -0.2) is 16.1 Å². The highest BCUT2D eigenvalue weighted by molar-refractivity contribution is 5.92. The third-order valence-electron chi connectivity index (χ3n) is 3.93. The smallest absolute Gasteiger partial charge is 0.347 e. The number of aryl methyl sites for hydroxylation is 1. The van der Waals surface area contributed by atoms with Crippen LogP contribution in [0.4, 0.5) is 24.7 Å². The fraction of sp³-hybridized carbons (Fsp3) is 0.150. The zero-order valence-electron chi connectivity index (χ0n) is 14.9. The van der Waals surface area contributed by atoms with Crippen LogP contribution in [0.25, 0.3) is 0 Å². The number of anilines is 2. The molecule has 144 valence electrons. The number of aromatic nitrogens is 2. The maximum atomic E-state index is 13.0. The van der Waals surface area contributed by atoms with Crippen molar-refractivity contribution in [3.8, 4) is 0 Å². The Morgan fingerprint density at radius 1 is 1.00 bits per heavy atom. The van der Waals surface area contributed by atoms with E-state index in [1.165, 1.54) is 30.3 Å². The lowest BCUT2D eigenvalue weighted by Gasteiger charge is -2.13. The number of carbonyl (C=O) groups excluding carboxylic acids is 1. The van der Waals surface area contributed by atoms with Gasteiger partial charge < -0.3 is 10.6 Å². The summed E-state index contributed by atoms with van der Waals surface area (Å²) in [5, 5.41) is 12.9. The summed E-state index contributed by atoms with van der Waals surface area (Å²) in [5.74, 6) is -0.316. The number of rotatable bonds is 5. The Bertz CT molecular complexity index is 972. The molecule has 3 aromatic rings. The van der Waals surface area contributed by atoms with Crippen molar-refractivity contribution in [2.24, 2.45) is 0 Å². The number of amides is 1. The third-order valence-corrected chi connectivity index (χ3v) is 3.93. The Balaban J connectivity index is 1.66. The molecule has 2 N–H and O–H groups in total. The van der Waals surface area contributed by atoms with Crippen LogP contribution < -0.4 is 10.6 Å². The molecule has 0 aliphatic carbocycles. The van der Waals surface area contributed by atoms with Crippen LogP contribution in [0.1, 0.15) is 27.2 Å². The molecule has 28 heavy (non-hydrogen) atoms. The van der Waals surface area contributed by atoms with Gasteiger partial charge in [-0.3, -0.25) is 4.79 Å². The maximum absolute atomic E-state index is 13.0. The van der Waals surface area contributed by atoms with E-state index in [0.29, 0.717) is 6.54 Å². The molecule has 0 atom stereocenters. The van der Waals surface area contributed by atoms with Crippen molar-refractivity contribution in [3.05, 3.63) is 83.0 Å². The normalized spacial score (nSPS) is 11.1. The van der Waals surface area contributed by atoms with Gasteiger partial charge in [0.05, 0.1) is 11.3 Å². The number of benzene rings is 2. The molecule has 0 fully saturated rings. The van der Waals surface area contributed by atoms with E-state index in [0.717, 1.165) is 17.2 Å². The molecule has 0 saturated carbocycles. The minimum Gasteiger partial charge on any atom is -0.347 e. The largest absolute Gasteiger partial charge is 0.418 e. The molecule has 1 heterocycles. The number of halogens is 3. The van der Waals surface area contributed by atoms with Gasteiger partial charge in [-0.1, -0.05) is 42.0 Å². The van der Waals surface area contributed by atoms with Gasteiger partial charge in [0, 0.05) is 6.54 Å². The quantitative estimate of drug-likeness (QED) is 0.679. The summed E-state index contributed by atoms with van der Waals surface area (Å²) in [4.78, 5) is 12.2. The molecule has 0 aliphatic rings. The number of para-hydroxylation sites is 1. The number of hydrogen-bond acceptors (Lipinski definition) is 4. The van der Waals surface area contributed by atoms with Crippen molar-refractivity contribution in [2.45, 2.75) is 19.6 Å². The molecule has 8 heteroatoms. The standard InChI is InChI=1S/C20H17F3N4O/c1-13-5-4-6-14(11-13)12-24-19(28)17-9-10-18(27-26-17)25-16-8-3-2-7-15(16)20(21,22)23/h2-11H,12H2,1H3,(H,24,28)(H,25,27). The molecular weight excluding hydrogens is 369 g/mol. The van der Waals surface area contributed by atoms with Gasteiger partial charge >= 0.3 is 6.18 Å². The number of nitrogens with zero attached hydrogens (tertiary/aromatic N) is 2. The first kappa shape index (κ1) is 19.3.